The second-order valence-electron chi connectivity index (χ2n) is 8.08. The van der Waals surface area contributed by atoms with Crippen molar-refractivity contribution >= 4 is 39.3 Å². The van der Waals surface area contributed by atoms with Gasteiger partial charge >= 0.3 is 5.97 Å². The highest BCUT2D eigenvalue weighted by Gasteiger charge is 2.41. The molecular weight excluding hydrogens is 538 g/mol. The Kier molecular flexibility index (Phi) is 7.72. The first-order chi connectivity index (χ1) is 16.8. The summed E-state index contributed by atoms with van der Waals surface area (Å²) in [4.78, 5) is 25.9. The number of esters is 1. The summed E-state index contributed by atoms with van der Waals surface area (Å²) in [6, 6.07) is 10.7. The Morgan fingerprint density at radius 3 is 2.69 bits per heavy atom. The summed E-state index contributed by atoms with van der Waals surface area (Å²) < 4.78 is 23.3. The third kappa shape index (κ3) is 5.18. The molecular formula is C26H25BrClNO6. The van der Waals surface area contributed by atoms with Crippen molar-refractivity contribution in [3.05, 3.63) is 79.8 Å². The molecule has 0 amide bonds. The van der Waals surface area contributed by atoms with Crippen molar-refractivity contribution in [2.45, 2.75) is 38.7 Å². The highest BCUT2D eigenvalue weighted by atomic mass is 79.9. The molecule has 0 fully saturated rings. The van der Waals surface area contributed by atoms with Crippen molar-refractivity contribution in [1.29, 1.82) is 0 Å². The second kappa shape index (κ2) is 10.7. The lowest BCUT2D eigenvalue weighted by Gasteiger charge is -2.32. The van der Waals surface area contributed by atoms with E-state index < -0.39 is 11.9 Å². The number of carbonyl (C=O) groups is 2. The first-order valence-corrected chi connectivity index (χ1v) is 12.4. The van der Waals surface area contributed by atoms with Crippen LogP contribution in [0.5, 0.6) is 11.5 Å². The molecule has 1 atom stereocenters. The maximum Gasteiger partial charge on any atom is 0.340 e. The number of carbonyl (C=O) groups excluding carboxylic acids is 2. The molecule has 0 saturated carbocycles. The molecule has 35 heavy (non-hydrogen) atoms. The van der Waals surface area contributed by atoms with Gasteiger partial charge in [0.05, 0.1) is 24.1 Å². The Labute approximate surface area is 216 Å². The lowest BCUT2D eigenvalue weighted by Crippen LogP contribution is -2.31. The average molecular weight is 563 g/mol. The molecule has 0 spiro atoms. The summed E-state index contributed by atoms with van der Waals surface area (Å²) in [5.74, 6) is 0.290. The number of benzene rings is 2. The van der Waals surface area contributed by atoms with Crippen LogP contribution in [0.25, 0.3) is 0 Å². The van der Waals surface area contributed by atoms with Crippen LogP contribution < -0.4 is 15.2 Å². The number of rotatable bonds is 7. The summed E-state index contributed by atoms with van der Waals surface area (Å²) in [5.41, 5.74) is 8.19. The summed E-state index contributed by atoms with van der Waals surface area (Å²) in [6.45, 7) is 2.05. The van der Waals surface area contributed by atoms with Gasteiger partial charge in [-0.1, -0.05) is 17.7 Å². The summed E-state index contributed by atoms with van der Waals surface area (Å²) in [7, 11) is 1.57. The number of Topliss-reactive ketones (excluding diaryl/α,β-unsaturated/α-hetero) is 1. The topological polar surface area (TPSA) is 97.1 Å². The van der Waals surface area contributed by atoms with Crippen molar-refractivity contribution in [3.8, 4) is 11.5 Å². The SMILES string of the molecule is CCOC(=O)C1=C(N)OC2=C(C(=O)CCC2)[C@@H]1c1ccc(OC)c(COc2ccc(Cl)cc2Br)c1. The molecule has 2 N–H and O–H groups in total. The van der Waals surface area contributed by atoms with Gasteiger partial charge in [-0.25, -0.2) is 4.79 Å². The molecule has 1 heterocycles. The van der Waals surface area contributed by atoms with Gasteiger partial charge in [0.1, 0.15) is 29.4 Å². The minimum atomic E-state index is -0.711. The summed E-state index contributed by atoms with van der Waals surface area (Å²) >= 11 is 9.48. The lowest BCUT2D eigenvalue weighted by molar-refractivity contribution is -0.139. The molecule has 2 aromatic rings. The van der Waals surface area contributed by atoms with Crippen LogP contribution >= 0.6 is 27.5 Å². The van der Waals surface area contributed by atoms with Gasteiger partial charge in [-0.3, -0.25) is 4.79 Å². The minimum Gasteiger partial charge on any atom is -0.496 e. The zero-order valence-electron chi connectivity index (χ0n) is 19.4. The molecule has 2 aromatic carbocycles. The molecule has 0 aromatic heterocycles. The molecule has 9 heteroatoms. The highest BCUT2D eigenvalue weighted by molar-refractivity contribution is 9.10. The largest absolute Gasteiger partial charge is 0.496 e. The predicted molar refractivity (Wildman–Crippen MR) is 134 cm³/mol. The zero-order valence-corrected chi connectivity index (χ0v) is 21.7. The monoisotopic (exact) mass is 561 g/mol. The van der Waals surface area contributed by atoms with Crippen LogP contribution in [0.15, 0.2) is 63.7 Å². The number of ketones is 1. The van der Waals surface area contributed by atoms with Crippen LogP contribution in [-0.2, 0) is 25.7 Å². The number of methoxy groups -OCH3 is 1. The number of ether oxygens (including phenoxy) is 4. The van der Waals surface area contributed by atoms with E-state index in [0.29, 0.717) is 57.2 Å². The van der Waals surface area contributed by atoms with Crippen molar-refractivity contribution in [2.75, 3.05) is 13.7 Å². The van der Waals surface area contributed by atoms with Crippen molar-refractivity contribution in [1.82, 2.24) is 0 Å². The maximum atomic E-state index is 13.0. The van der Waals surface area contributed by atoms with E-state index in [1.54, 1.807) is 38.3 Å². The van der Waals surface area contributed by atoms with E-state index in [1.807, 2.05) is 12.1 Å². The van der Waals surface area contributed by atoms with Crippen LogP contribution in [0.1, 0.15) is 43.2 Å². The molecule has 1 aliphatic heterocycles. The number of halogens is 2. The van der Waals surface area contributed by atoms with Crippen molar-refractivity contribution in [2.24, 2.45) is 5.73 Å². The van der Waals surface area contributed by atoms with Gasteiger partial charge in [0, 0.05) is 29.0 Å². The van der Waals surface area contributed by atoms with Gasteiger partial charge in [-0.05, 0) is 65.2 Å². The standard InChI is InChI=1S/C26H25BrClNO6/c1-3-33-26(31)24-22(23-18(30)5-4-6-21(23)35-25(24)29)14-7-9-19(32-2)15(11-14)13-34-20-10-8-16(28)12-17(20)27/h7-12,22H,3-6,13,29H2,1-2H3/t22-/m0/s1. The zero-order chi connectivity index (χ0) is 25.1. The molecule has 7 nitrogen and oxygen atoms in total. The van der Waals surface area contributed by atoms with Gasteiger partial charge in [-0.15, -0.1) is 0 Å². The third-order valence-electron chi connectivity index (χ3n) is 5.89. The normalized spacial score (nSPS) is 17.6. The number of allylic oxidation sites excluding steroid dienone is 2. The van der Waals surface area contributed by atoms with Crippen molar-refractivity contribution in [3.63, 3.8) is 0 Å². The number of hydrogen-bond acceptors (Lipinski definition) is 7. The first-order valence-electron chi connectivity index (χ1n) is 11.2. The van der Waals surface area contributed by atoms with Crippen LogP contribution in [0.2, 0.25) is 5.02 Å². The number of nitrogens with two attached hydrogens (primary N) is 1. The Hall–Kier alpha value is -2.97. The smallest absolute Gasteiger partial charge is 0.340 e. The number of hydrogen-bond donors (Lipinski definition) is 1. The van der Waals surface area contributed by atoms with E-state index in [9.17, 15) is 9.59 Å². The van der Waals surface area contributed by atoms with Gasteiger partial charge < -0.3 is 24.7 Å². The Morgan fingerprint density at radius 1 is 1.20 bits per heavy atom. The van der Waals surface area contributed by atoms with E-state index in [1.165, 1.54) is 0 Å². The van der Waals surface area contributed by atoms with Crippen LogP contribution in [0.4, 0.5) is 0 Å². The quantitative estimate of drug-likeness (QED) is 0.442. The lowest BCUT2D eigenvalue weighted by atomic mass is 9.77. The molecule has 0 saturated heterocycles. The molecule has 2 aliphatic rings. The van der Waals surface area contributed by atoms with Crippen molar-refractivity contribution < 1.29 is 28.5 Å². The fourth-order valence-electron chi connectivity index (χ4n) is 4.34. The van der Waals surface area contributed by atoms with E-state index in [-0.39, 0.29) is 30.5 Å². The molecule has 0 bridgehead atoms. The molecule has 4 rings (SSSR count). The second-order valence-corrected chi connectivity index (χ2v) is 9.37. The van der Waals surface area contributed by atoms with Gasteiger partial charge in [0.25, 0.3) is 0 Å². The van der Waals surface area contributed by atoms with Crippen LogP contribution in [0.3, 0.4) is 0 Å². The van der Waals surface area contributed by atoms with E-state index in [2.05, 4.69) is 15.9 Å². The first kappa shape index (κ1) is 25.1. The molecule has 0 radical (unpaired) electrons. The summed E-state index contributed by atoms with van der Waals surface area (Å²) in [6.07, 6.45) is 1.63. The maximum absolute atomic E-state index is 13.0. The Balaban J connectivity index is 1.76. The molecule has 184 valence electrons. The van der Waals surface area contributed by atoms with Crippen LogP contribution in [0, 0.1) is 0 Å². The Bertz CT molecular complexity index is 1240. The van der Waals surface area contributed by atoms with Gasteiger partial charge in [-0.2, -0.15) is 0 Å². The summed E-state index contributed by atoms with van der Waals surface area (Å²) in [5, 5.41) is 0.584. The average Bonchev–Trinajstić information content (AvgIpc) is 2.82. The van der Waals surface area contributed by atoms with E-state index in [4.69, 9.17) is 36.3 Å². The highest BCUT2D eigenvalue weighted by Crippen LogP contribution is 2.45. The van der Waals surface area contributed by atoms with Gasteiger partial charge in [0.15, 0.2) is 5.78 Å². The minimum absolute atomic E-state index is 0.0411. The van der Waals surface area contributed by atoms with E-state index in [0.717, 1.165) is 5.56 Å². The Morgan fingerprint density at radius 2 is 1.97 bits per heavy atom. The molecule has 0 unspecified atom stereocenters. The molecule has 1 aliphatic carbocycles. The fraction of sp³-hybridized carbons (Fsp3) is 0.308. The predicted octanol–water partition coefficient (Wildman–Crippen LogP) is 5.54. The van der Waals surface area contributed by atoms with Crippen LogP contribution in [-0.4, -0.2) is 25.5 Å². The fourth-order valence-corrected chi connectivity index (χ4v) is 5.13. The van der Waals surface area contributed by atoms with Gasteiger partial charge in [0.2, 0.25) is 5.88 Å². The van der Waals surface area contributed by atoms with E-state index >= 15 is 0 Å². The third-order valence-corrected chi connectivity index (χ3v) is 6.75.